The summed E-state index contributed by atoms with van der Waals surface area (Å²) in [6.07, 6.45) is 0.372. The van der Waals surface area contributed by atoms with Crippen LogP contribution < -0.4 is 5.56 Å². The van der Waals surface area contributed by atoms with Gasteiger partial charge in [-0.1, -0.05) is 0 Å². The van der Waals surface area contributed by atoms with Gasteiger partial charge in [0.05, 0.1) is 19.0 Å². The van der Waals surface area contributed by atoms with Crippen LogP contribution in [0.3, 0.4) is 0 Å². The molecular formula is C8H11N3O. The zero-order chi connectivity index (χ0) is 9.14. The molecule has 0 bridgehead atoms. The summed E-state index contributed by atoms with van der Waals surface area (Å²) in [5.74, 6) is 0. The normalized spacial score (nSPS) is 9.75. The molecule has 4 heteroatoms. The fraction of sp³-hybridized carbons (Fsp3) is 0.500. The summed E-state index contributed by atoms with van der Waals surface area (Å²) >= 11 is 0. The Morgan fingerprint density at radius 2 is 2.33 bits per heavy atom. The molecule has 0 aliphatic heterocycles. The highest BCUT2D eigenvalue weighted by Gasteiger charge is 2.02. The number of nitrogens with zero attached hydrogens (tertiary/aromatic N) is 3. The van der Waals surface area contributed by atoms with Crippen molar-refractivity contribution in [2.24, 2.45) is 7.05 Å². The molecule has 0 saturated heterocycles. The van der Waals surface area contributed by atoms with E-state index in [1.807, 2.05) is 20.0 Å². The maximum atomic E-state index is 11.2. The molecule has 1 aromatic heterocycles. The van der Waals surface area contributed by atoms with Crippen molar-refractivity contribution < 1.29 is 0 Å². The molecule has 0 unspecified atom stereocenters. The van der Waals surface area contributed by atoms with Crippen molar-refractivity contribution in [1.29, 1.82) is 5.26 Å². The third-order valence-corrected chi connectivity index (χ3v) is 1.89. The largest absolute Gasteiger partial charge is 0.290 e. The van der Waals surface area contributed by atoms with Gasteiger partial charge in [0, 0.05) is 18.8 Å². The Bertz CT molecular complexity index is 367. The summed E-state index contributed by atoms with van der Waals surface area (Å²) in [7, 11) is 1.81. The lowest BCUT2D eigenvalue weighted by Crippen LogP contribution is -2.21. The number of aromatic nitrogens is 2. The predicted octanol–water partition coefficient (Wildman–Crippen LogP) is 0.409. The van der Waals surface area contributed by atoms with Gasteiger partial charge in [-0.15, -0.1) is 0 Å². The van der Waals surface area contributed by atoms with Gasteiger partial charge in [-0.05, 0) is 6.92 Å². The lowest BCUT2D eigenvalue weighted by Gasteiger charge is -2.04. The summed E-state index contributed by atoms with van der Waals surface area (Å²) in [6.45, 7) is 2.34. The van der Waals surface area contributed by atoms with E-state index in [0.717, 1.165) is 5.69 Å². The number of hydrogen-bond acceptors (Lipinski definition) is 2. The van der Waals surface area contributed by atoms with E-state index in [9.17, 15) is 4.79 Å². The van der Waals surface area contributed by atoms with E-state index < -0.39 is 0 Å². The van der Waals surface area contributed by atoms with E-state index in [2.05, 4.69) is 0 Å². The van der Waals surface area contributed by atoms with E-state index in [-0.39, 0.29) is 5.56 Å². The lowest BCUT2D eigenvalue weighted by atomic mass is 10.5. The molecule has 0 radical (unpaired) electrons. The summed E-state index contributed by atoms with van der Waals surface area (Å²) in [5.41, 5.74) is 0.878. The number of nitriles is 1. The Labute approximate surface area is 70.6 Å². The maximum absolute atomic E-state index is 11.2. The molecule has 64 valence electrons. The second-order valence-electron chi connectivity index (χ2n) is 2.68. The van der Waals surface area contributed by atoms with Crippen LogP contribution in [0.2, 0.25) is 0 Å². The second-order valence-corrected chi connectivity index (χ2v) is 2.68. The molecule has 0 spiro atoms. The number of hydrogen-bond donors (Lipinski definition) is 0. The highest BCUT2D eigenvalue weighted by atomic mass is 16.1. The maximum Gasteiger partial charge on any atom is 0.266 e. The Morgan fingerprint density at radius 1 is 1.67 bits per heavy atom. The first-order valence-electron chi connectivity index (χ1n) is 3.77. The Kier molecular flexibility index (Phi) is 2.34. The van der Waals surface area contributed by atoms with Crippen LogP contribution in [0.25, 0.3) is 0 Å². The molecule has 0 aromatic carbocycles. The molecule has 1 heterocycles. The minimum absolute atomic E-state index is 0.0368. The highest BCUT2D eigenvalue weighted by Crippen LogP contribution is 1.93. The number of rotatable bonds is 2. The first-order valence-corrected chi connectivity index (χ1v) is 3.77. The fourth-order valence-corrected chi connectivity index (χ4v) is 1.10. The summed E-state index contributed by atoms with van der Waals surface area (Å²) in [4.78, 5) is 11.2. The van der Waals surface area contributed by atoms with Crippen LogP contribution in [0, 0.1) is 18.3 Å². The van der Waals surface area contributed by atoms with Crippen LogP contribution in [0.1, 0.15) is 12.1 Å². The molecular weight excluding hydrogens is 154 g/mol. The first kappa shape index (κ1) is 8.60. The fourth-order valence-electron chi connectivity index (χ4n) is 1.10. The second kappa shape index (κ2) is 3.26. The van der Waals surface area contributed by atoms with Crippen LogP contribution in [0.5, 0.6) is 0 Å². The van der Waals surface area contributed by atoms with Gasteiger partial charge in [-0.25, -0.2) is 4.68 Å². The standard InChI is InChI=1S/C8H11N3O/c1-7-6-8(12)11(10(7)2)5-3-4-9/h6H,3,5H2,1-2H3. The average Bonchev–Trinajstić information content (AvgIpc) is 2.25. The highest BCUT2D eigenvalue weighted by molar-refractivity contribution is 4.98. The Balaban J connectivity index is 2.99. The van der Waals surface area contributed by atoms with Gasteiger partial charge >= 0.3 is 0 Å². The molecule has 1 rings (SSSR count). The molecule has 0 fully saturated rings. The van der Waals surface area contributed by atoms with E-state index in [0.29, 0.717) is 13.0 Å². The zero-order valence-electron chi connectivity index (χ0n) is 7.24. The van der Waals surface area contributed by atoms with E-state index in [1.54, 1.807) is 15.4 Å². The third-order valence-electron chi connectivity index (χ3n) is 1.89. The molecule has 12 heavy (non-hydrogen) atoms. The van der Waals surface area contributed by atoms with Gasteiger partial charge in [-0.2, -0.15) is 5.26 Å². The van der Waals surface area contributed by atoms with Crippen molar-refractivity contribution in [3.05, 3.63) is 22.1 Å². The lowest BCUT2D eigenvalue weighted by molar-refractivity contribution is 0.494. The first-order chi connectivity index (χ1) is 5.66. The molecule has 4 nitrogen and oxygen atoms in total. The molecule has 0 aliphatic carbocycles. The van der Waals surface area contributed by atoms with Crippen molar-refractivity contribution in [2.45, 2.75) is 19.9 Å². The minimum Gasteiger partial charge on any atom is -0.290 e. The van der Waals surface area contributed by atoms with Crippen LogP contribution in [-0.4, -0.2) is 9.36 Å². The Hall–Kier alpha value is -1.50. The van der Waals surface area contributed by atoms with Crippen LogP contribution in [0.4, 0.5) is 0 Å². The smallest absolute Gasteiger partial charge is 0.266 e. The van der Waals surface area contributed by atoms with Crippen LogP contribution >= 0.6 is 0 Å². The van der Waals surface area contributed by atoms with E-state index in [4.69, 9.17) is 5.26 Å². The van der Waals surface area contributed by atoms with Crippen molar-refractivity contribution >= 4 is 0 Å². The number of aryl methyl sites for hydroxylation is 1. The summed E-state index contributed by atoms with van der Waals surface area (Å²) < 4.78 is 3.32. The topological polar surface area (TPSA) is 50.7 Å². The van der Waals surface area contributed by atoms with Gasteiger partial charge < -0.3 is 0 Å². The van der Waals surface area contributed by atoms with E-state index >= 15 is 0 Å². The van der Waals surface area contributed by atoms with Gasteiger partial charge in [0.15, 0.2) is 0 Å². The zero-order valence-corrected chi connectivity index (χ0v) is 7.24. The van der Waals surface area contributed by atoms with E-state index in [1.165, 1.54) is 0 Å². The van der Waals surface area contributed by atoms with Gasteiger partial charge in [0.2, 0.25) is 0 Å². The predicted molar refractivity (Wildman–Crippen MR) is 44.6 cm³/mol. The van der Waals surface area contributed by atoms with Crippen molar-refractivity contribution in [2.75, 3.05) is 0 Å². The molecule has 0 N–H and O–H groups in total. The monoisotopic (exact) mass is 165 g/mol. The van der Waals surface area contributed by atoms with Gasteiger partial charge in [-0.3, -0.25) is 9.48 Å². The molecule has 0 saturated carbocycles. The average molecular weight is 165 g/mol. The quantitative estimate of drug-likeness (QED) is 0.637. The summed E-state index contributed by atoms with van der Waals surface area (Å²) in [6, 6.07) is 3.57. The van der Waals surface area contributed by atoms with Crippen molar-refractivity contribution in [1.82, 2.24) is 9.36 Å². The molecule has 0 amide bonds. The third kappa shape index (κ3) is 1.40. The van der Waals surface area contributed by atoms with Crippen molar-refractivity contribution in [3.63, 3.8) is 0 Å². The molecule has 0 aliphatic rings. The SMILES string of the molecule is Cc1cc(=O)n(CCC#N)n1C. The van der Waals surface area contributed by atoms with Crippen LogP contribution in [-0.2, 0) is 13.6 Å². The molecule has 1 aromatic rings. The van der Waals surface area contributed by atoms with Gasteiger partial charge in [0.1, 0.15) is 0 Å². The molecule has 0 atom stereocenters. The van der Waals surface area contributed by atoms with Crippen molar-refractivity contribution in [3.8, 4) is 6.07 Å². The Morgan fingerprint density at radius 3 is 2.75 bits per heavy atom. The van der Waals surface area contributed by atoms with Gasteiger partial charge in [0.25, 0.3) is 5.56 Å². The van der Waals surface area contributed by atoms with Crippen LogP contribution in [0.15, 0.2) is 10.9 Å². The minimum atomic E-state index is -0.0368. The summed E-state index contributed by atoms with van der Waals surface area (Å²) in [5, 5.41) is 8.34.